The maximum Gasteiger partial charge on any atom is 0.223 e. The van der Waals surface area contributed by atoms with Crippen molar-refractivity contribution in [3.8, 4) is 0 Å². The van der Waals surface area contributed by atoms with E-state index in [0.717, 1.165) is 11.3 Å². The molecule has 4 unspecified atom stereocenters. The van der Waals surface area contributed by atoms with Crippen LogP contribution in [-0.4, -0.2) is 34.4 Å². The Bertz CT molecular complexity index is 831. The Morgan fingerprint density at radius 3 is 2.18 bits per heavy atom. The zero-order chi connectivity index (χ0) is 20.8. The summed E-state index contributed by atoms with van der Waals surface area (Å²) in [5, 5.41) is -0.150. The van der Waals surface area contributed by atoms with E-state index in [2.05, 4.69) is 30.3 Å². The fourth-order valence-electron chi connectivity index (χ4n) is 4.21. The summed E-state index contributed by atoms with van der Waals surface area (Å²) in [6.07, 6.45) is 1.31. The van der Waals surface area contributed by atoms with Crippen LogP contribution in [0.2, 0.25) is 0 Å². The monoisotopic (exact) mass is 399 g/mol. The lowest BCUT2D eigenvalue weighted by molar-refractivity contribution is -0.128. The van der Waals surface area contributed by atoms with Gasteiger partial charge in [0.2, 0.25) is 5.91 Å². The molecule has 1 heterocycles. The lowest BCUT2D eigenvalue weighted by atomic mass is 9.82. The maximum atomic E-state index is 13.3. The van der Waals surface area contributed by atoms with Gasteiger partial charge in [0.15, 0.2) is 0 Å². The number of hydrogen-bond acceptors (Lipinski definition) is 2. The van der Waals surface area contributed by atoms with Crippen molar-refractivity contribution in [3.05, 3.63) is 65.2 Å². The average Bonchev–Trinajstić information content (AvgIpc) is 3.13. The van der Waals surface area contributed by atoms with E-state index in [1.165, 1.54) is 16.7 Å². The van der Waals surface area contributed by atoms with Crippen molar-refractivity contribution in [3.63, 3.8) is 0 Å². The minimum atomic E-state index is -1.16. The number of fused-ring (bicyclic) bond motifs is 5. The van der Waals surface area contributed by atoms with Crippen LogP contribution in [0.3, 0.4) is 0 Å². The Hall–Kier alpha value is -1.94. The van der Waals surface area contributed by atoms with Gasteiger partial charge in [0.25, 0.3) is 0 Å². The van der Waals surface area contributed by atoms with Crippen LogP contribution < -0.4 is 0 Å². The molecule has 2 aromatic rings. The van der Waals surface area contributed by atoms with Gasteiger partial charge in [0.05, 0.1) is 16.0 Å². The standard InChI is InChI=1S/C20H21NO2S.2C2H6/c1-21(2)19(22)12-18-20-14-8-4-3-7-13(14)11-16(20)15-9-5-6-10-17(15)24(18)23;2*1-2/h3-10,16,18,20H,11-12H2,1-2H3;2*1-2H3. The smallest absolute Gasteiger partial charge is 0.223 e. The third-order valence-corrected chi connectivity index (χ3v) is 7.19. The summed E-state index contributed by atoms with van der Waals surface area (Å²) in [6.45, 7) is 8.00. The normalized spacial score (nSPS) is 23.6. The number of nitrogens with zero attached hydrogens (tertiary/aromatic N) is 1. The summed E-state index contributed by atoms with van der Waals surface area (Å²) >= 11 is 0. The first-order valence-corrected chi connectivity index (χ1v) is 11.6. The molecular formula is C24H33NO2S. The number of hydrogen-bond donors (Lipinski definition) is 0. The number of benzene rings is 2. The van der Waals surface area contributed by atoms with E-state index in [1.54, 1.807) is 19.0 Å². The van der Waals surface area contributed by atoms with E-state index in [0.29, 0.717) is 12.3 Å². The molecule has 0 N–H and O–H groups in total. The predicted octanol–water partition coefficient (Wildman–Crippen LogP) is 5.13. The van der Waals surface area contributed by atoms with E-state index < -0.39 is 10.8 Å². The zero-order valence-corrected chi connectivity index (χ0v) is 18.8. The van der Waals surface area contributed by atoms with Crippen LogP contribution in [0.25, 0.3) is 0 Å². The van der Waals surface area contributed by atoms with Crippen molar-refractivity contribution in [1.82, 2.24) is 4.90 Å². The van der Waals surface area contributed by atoms with Gasteiger partial charge < -0.3 is 4.90 Å². The van der Waals surface area contributed by atoms with Gasteiger partial charge in [0.1, 0.15) is 0 Å². The summed E-state index contributed by atoms with van der Waals surface area (Å²) < 4.78 is 13.3. The Labute approximate surface area is 172 Å². The summed E-state index contributed by atoms with van der Waals surface area (Å²) in [7, 11) is 2.38. The molecular weight excluding hydrogens is 366 g/mol. The fourth-order valence-corrected chi connectivity index (χ4v) is 6.10. The first-order chi connectivity index (χ1) is 13.6. The highest BCUT2D eigenvalue weighted by Gasteiger charge is 2.46. The summed E-state index contributed by atoms with van der Waals surface area (Å²) in [4.78, 5) is 14.9. The molecule has 4 heteroatoms. The van der Waals surface area contributed by atoms with E-state index in [9.17, 15) is 9.00 Å². The average molecular weight is 400 g/mol. The Morgan fingerprint density at radius 1 is 0.964 bits per heavy atom. The highest BCUT2D eigenvalue weighted by Crippen LogP contribution is 2.53. The lowest BCUT2D eigenvalue weighted by Crippen LogP contribution is -2.37. The van der Waals surface area contributed by atoms with Crippen LogP contribution >= 0.6 is 0 Å². The SMILES string of the molecule is CC.CC.CN(C)C(=O)CC1C2c3ccccc3CC2c2ccccc2S1=O. The topological polar surface area (TPSA) is 37.4 Å². The molecule has 0 fully saturated rings. The summed E-state index contributed by atoms with van der Waals surface area (Å²) in [5.41, 5.74) is 3.82. The minimum Gasteiger partial charge on any atom is -0.349 e. The fraction of sp³-hybridized carbons (Fsp3) is 0.458. The van der Waals surface area contributed by atoms with Gasteiger partial charge in [-0.2, -0.15) is 0 Å². The van der Waals surface area contributed by atoms with Gasteiger partial charge in [-0.1, -0.05) is 70.2 Å². The zero-order valence-electron chi connectivity index (χ0n) is 17.9. The molecule has 0 radical (unpaired) electrons. The second-order valence-electron chi connectivity index (χ2n) is 6.90. The van der Waals surface area contributed by atoms with E-state index in [4.69, 9.17) is 0 Å². The van der Waals surface area contributed by atoms with Crippen molar-refractivity contribution in [2.75, 3.05) is 14.1 Å². The van der Waals surface area contributed by atoms with E-state index in [1.807, 2.05) is 45.9 Å². The predicted molar refractivity (Wildman–Crippen MR) is 118 cm³/mol. The molecule has 28 heavy (non-hydrogen) atoms. The first-order valence-electron chi connectivity index (χ1n) is 10.4. The minimum absolute atomic E-state index is 0.0517. The first kappa shape index (κ1) is 22.4. The molecule has 2 aromatic carbocycles. The van der Waals surface area contributed by atoms with Crippen LogP contribution in [-0.2, 0) is 22.0 Å². The molecule has 0 spiro atoms. The number of rotatable bonds is 2. The highest BCUT2D eigenvalue weighted by atomic mass is 32.2. The third-order valence-electron chi connectivity index (χ3n) is 5.37. The molecule has 0 bridgehead atoms. The molecule has 4 rings (SSSR count). The Morgan fingerprint density at radius 2 is 1.54 bits per heavy atom. The van der Waals surface area contributed by atoms with Crippen molar-refractivity contribution < 1.29 is 9.00 Å². The molecule has 1 amide bonds. The number of amides is 1. The van der Waals surface area contributed by atoms with Gasteiger partial charge in [-0.3, -0.25) is 9.00 Å². The molecule has 0 saturated carbocycles. The van der Waals surface area contributed by atoms with Gasteiger partial charge in [0, 0.05) is 31.3 Å². The summed E-state index contributed by atoms with van der Waals surface area (Å²) in [5.74, 6) is 0.549. The maximum absolute atomic E-state index is 13.3. The van der Waals surface area contributed by atoms with Crippen LogP contribution in [0.4, 0.5) is 0 Å². The quantitative estimate of drug-likeness (QED) is 0.702. The van der Waals surface area contributed by atoms with Gasteiger partial charge in [-0.05, 0) is 35.1 Å². The number of carbonyl (C=O) groups is 1. The molecule has 1 aliphatic carbocycles. The van der Waals surface area contributed by atoms with Crippen LogP contribution in [0.15, 0.2) is 53.4 Å². The van der Waals surface area contributed by atoms with Gasteiger partial charge in [-0.15, -0.1) is 0 Å². The summed E-state index contributed by atoms with van der Waals surface area (Å²) in [6, 6.07) is 16.5. The molecule has 2 aliphatic rings. The second-order valence-corrected chi connectivity index (χ2v) is 8.54. The van der Waals surface area contributed by atoms with Crippen molar-refractivity contribution in [2.24, 2.45) is 0 Å². The van der Waals surface area contributed by atoms with Crippen molar-refractivity contribution in [2.45, 2.75) is 62.5 Å². The number of carbonyl (C=O) groups excluding carboxylic acids is 1. The van der Waals surface area contributed by atoms with E-state index >= 15 is 0 Å². The second kappa shape index (κ2) is 10.0. The van der Waals surface area contributed by atoms with Gasteiger partial charge >= 0.3 is 0 Å². The van der Waals surface area contributed by atoms with Crippen LogP contribution in [0.1, 0.15) is 62.6 Å². The molecule has 1 aliphatic heterocycles. The molecule has 0 saturated heterocycles. The highest BCUT2D eigenvalue weighted by molar-refractivity contribution is 7.86. The van der Waals surface area contributed by atoms with E-state index in [-0.39, 0.29) is 17.1 Å². The molecule has 3 nitrogen and oxygen atoms in total. The van der Waals surface area contributed by atoms with Crippen molar-refractivity contribution >= 4 is 16.7 Å². The third kappa shape index (κ3) is 4.07. The Kier molecular flexibility index (Phi) is 7.99. The lowest BCUT2D eigenvalue weighted by Gasteiger charge is -2.35. The van der Waals surface area contributed by atoms with Crippen LogP contribution in [0.5, 0.6) is 0 Å². The van der Waals surface area contributed by atoms with Gasteiger partial charge in [-0.25, -0.2) is 0 Å². The molecule has 152 valence electrons. The molecule has 0 aromatic heterocycles. The molecule has 4 atom stereocenters. The van der Waals surface area contributed by atoms with Crippen LogP contribution in [0, 0.1) is 0 Å². The Balaban J connectivity index is 0.000000660. The van der Waals surface area contributed by atoms with Crippen molar-refractivity contribution in [1.29, 1.82) is 0 Å². The largest absolute Gasteiger partial charge is 0.349 e.